The second kappa shape index (κ2) is 6.26. The smallest absolute Gasteiger partial charge is 0.0667 e. The predicted molar refractivity (Wildman–Crippen MR) is 94.4 cm³/mol. The van der Waals surface area contributed by atoms with Gasteiger partial charge in [0, 0.05) is 0 Å². The van der Waals surface area contributed by atoms with Gasteiger partial charge in [0.25, 0.3) is 0 Å². The van der Waals surface area contributed by atoms with Gasteiger partial charge in [-0.2, -0.15) is 0 Å². The number of fused-ring (bicyclic) bond motifs is 2. The minimum Gasteiger partial charge on any atom is -0.304 e. The van der Waals surface area contributed by atoms with Crippen LogP contribution in [0.2, 0.25) is 0 Å². The van der Waals surface area contributed by atoms with Gasteiger partial charge in [0.2, 0.25) is 0 Å². The molecule has 0 spiro atoms. The Labute approximate surface area is 134 Å². The number of hydrogen-bond donors (Lipinski definition) is 1. The van der Waals surface area contributed by atoms with Gasteiger partial charge in [-0.3, -0.25) is 0 Å². The molecule has 1 aliphatic carbocycles. The van der Waals surface area contributed by atoms with E-state index in [-0.39, 0.29) is 5.54 Å². The van der Waals surface area contributed by atoms with Crippen molar-refractivity contribution in [2.24, 2.45) is 0 Å². The van der Waals surface area contributed by atoms with Gasteiger partial charge in [0.15, 0.2) is 0 Å². The fourth-order valence-corrected chi connectivity index (χ4v) is 4.16. The predicted octanol–water partition coefficient (Wildman–Crippen LogP) is 5.00. The lowest BCUT2D eigenvalue weighted by atomic mass is 9.81. The molecule has 0 aliphatic heterocycles. The van der Waals surface area contributed by atoms with E-state index in [0.717, 1.165) is 13.0 Å². The molecule has 116 valence electrons. The van der Waals surface area contributed by atoms with Gasteiger partial charge in [-0.05, 0) is 54.5 Å². The fourth-order valence-electron chi connectivity index (χ4n) is 4.16. The molecule has 1 heteroatoms. The highest BCUT2D eigenvalue weighted by Gasteiger charge is 2.36. The van der Waals surface area contributed by atoms with Gasteiger partial charge in [0.1, 0.15) is 0 Å². The first kappa shape index (κ1) is 15.3. The van der Waals surface area contributed by atoms with Crippen molar-refractivity contribution in [3.8, 4) is 0 Å². The molecule has 0 unspecified atom stereocenters. The highest BCUT2D eigenvalue weighted by atomic mass is 15.0. The molecule has 0 saturated carbocycles. The average Bonchev–Trinajstić information content (AvgIpc) is 2.64. The Morgan fingerprint density at radius 1 is 1.00 bits per heavy atom. The van der Waals surface area contributed by atoms with Crippen LogP contribution in [0.3, 0.4) is 0 Å². The molecule has 1 N–H and O–H groups in total. The molecule has 0 saturated heterocycles. The summed E-state index contributed by atoms with van der Waals surface area (Å²) in [5.74, 6) is 0.628. The molecule has 2 aromatic rings. The monoisotopic (exact) mass is 293 g/mol. The van der Waals surface area contributed by atoms with Gasteiger partial charge in [-0.25, -0.2) is 0 Å². The van der Waals surface area contributed by atoms with E-state index in [1.165, 1.54) is 35.1 Å². The number of benzene rings is 2. The van der Waals surface area contributed by atoms with E-state index in [0.29, 0.717) is 5.92 Å². The molecule has 1 nitrogen and oxygen atoms in total. The van der Waals surface area contributed by atoms with Crippen LogP contribution in [-0.4, -0.2) is 6.54 Å². The highest BCUT2D eigenvalue weighted by molar-refractivity contribution is 5.50. The largest absolute Gasteiger partial charge is 0.304 e. The van der Waals surface area contributed by atoms with Crippen molar-refractivity contribution in [3.05, 3.63) is 70.8 Å². The van der Waals surface area contributed by atoms with E-state index in [1.54, 1.807) is 0 Å². The van der Waals surface area contributed by atoms with Crippen LogP contribution in [0.5, 0.6) is 0 Å². The average molecular weight is 293 g/mol. The van der Waals surface area contributed by atoms with Crippen molar-refractivity contribution in [1.82, 2.24) is 5.32 Å². The Hall–Kier alpha value is -1.60. The Balaban J connectivity index is 2.25. The molecule has 0 bridgehead atoms. The Bertz CT molecular complexity index is 646. The number of nitrogens with one attached hydrogen (secondary N) is 1. The van der Waals surface area contributed by atoms with Crippen molar-refractivity contribution in [1.29, 1.82) is 0 Å². The van der Waals surface area contributed by atoms with Gasteiger partial charge in [-0.15, -0.1) is 0 Å². The minimum atomic E-state index is -0.0928. The van der Waals surface area contributed by atoms with Crippen LogP contribution < -0.4 is 5.32 Å². The molecule has 0 amide bonds. The molecule has 2 aromatic carbocycles. The Kier molecular flexibility index (Phi) is 4.35. The van der Waals surface area contributed by atoms with E-state index in [9.17, 15) is 0 Å². The lowest BCUT2D eigenvalue weighted by Crippen LogP contribution is -2.41. The second-order valence-corrected chi connectivity index (χ2v) is 6.59. The van der Waals surface area contributed by atoms with Crippen molar-refractivity contribution in [2.75, 3.05) is 6.54 Å². The molecule has 0 fully saturated rings. The summed E-state index contributed by atoms with van der Waals surface area (Å²) < 4.78 is 0. The SMILES string of the molecule is CCC[C@H]1Cc2ccccc2[C@@](C)(NCC)c2ccccc21. The summed E-state index contributed by atoms with van der Waals surface area (Å²) >= 11 is 0. The van der Waals surface area contributed by atoms with Crippen LogP contribution in [0.4, 0.5) is 0 Å². The highest BCUT2D eigenvalue weighted by Crippen LogP contribution is 2.42. The summed E-state index contributed by atoms with van der Waals surface area (Å²) in [7, 11) is 0. The minimum absolute atomic E-state index is 0.0928. The maximum Gasteiger partial charge on any atom is 0.0667 e. The zero-order valence-corrected chi connectivity index (χ0v) is 14.0. The summed E-state index contributed by atoms with van der Waals surface area (Å²) in [6.07, 6.45) is 3.65. The summed E-state index contributed by atoms with van der Waals surface area (Å²) in [4.78, 5) is 0. The molecule has 22 heavy (non-hydrogen) atoms. The fraction of sp³-hybridized carbons (Fsp3) is 0.429. The third-order valence-electron chi connectivity index (χ3n) is 5.13. The summed E-state index contributed by atoms with van der Waals surface area (Å²) in [5, 5.41) is 3.78. The standard InChI is InChI=1S/C21H27N/c1-4-10-16-15-17-11-6-8-13-19(17)21(3,22-5-2)20-14-9-7-12-18(16)20/h6-9,11-14,16,22H,4-5,10,15H2,1-3H3/t16-,21+/m0/s1. The topological polar surface area (TPSA) is 12.0 Å². The first-order chi connectivity index (χ1) is 10.7. The zero-order valence-electron chi connectivity index (χ0n) is 14.0. The van der Waals surface area contributed by atoms with Crippen molar-refractivity contribution < 1.29 is 0 Å². The summed E-state index contributed by atoms with van der Waals surface area (Å²) in [5.41, 5.74) is 5.84. The van der Waals surface area contributed by atoms with E-state index < -0.39 is 0 Å². The number of hydrogen-bond acceptors (Lipinski definition) is 1. The quantitative estimate of drug-likeness (QED) is 0.836. The molecule has 1 aliphatic rings. The van der Waals surface area contributed by atoms with Crippen LogP contribution in [0, 0.1) is 0 Å². The summed E-state index contributed by atoms with van der Waals surface area (Å²) in [6, 6.07) is 18.0. The van der Waals surface area contributed by atoms with Gasteiger partial charge in [0.05, 0.1) is 5.54 Å². The van der Waals surface area contributed by atoms with Crippen molar-refractivity contribution in [3.63, 3.8) is 0 Å². The first-order valence-corrected chi connectivity index (χ1v) is 8.63. The zero-order chi connectivity index (χ0) is 15.6. The van der Waals surface area contributed by atoms with E-state index in [1.807, 2.05) is 0 Å². The van der Waals surface area contributed by atoms with Gasteiger partial charge in [-0.1, -0.05) is 68.8 Å². The normalized spacial score (nSPS) is 23.5. The van der Waals surface area contributed by atoms with Crippen molar-refractivity contribution in [2.45, 2.75) is 51.5 Å². The maximum atomic E-state index is 3.78. The van der Waals surface area contributed by atoms with Crippen LogP contribution in [0.15, 0.2) is 48.5 Å². The van der Waals surface area contributed by atoms with Crippen molar-refractivity contribution >= 4 is 0 Å². The molecule has 2 atom stereocenters. The molecule has 0 radical (unpaired) electrons. The van der Waals surface area contributed by atoms with E-state index >= 15 is 0 Å². The van der Waals surface area contributed by atoms with E-state index in [2.05, 4.69) is 74.6 Å². The number of rotatable bonds is 4. The van der Waals surface area contributed by atoms with Gasteiger partial charge < -0.3 is 5.32 Å². The third kappa shape index (κ3) is 2.48. The van der Waals surface area contributed by atoms with Crippen LogP contribution in [0.25, 0.3) is 0 Å². The molecular formula is C21H27N. The Morgan fingerprint density at radius 2 is 1.68 bits per heavy atom. The van der Waals surface area contributed by atoms with E-state index in [4.69, 9.17) is 0 Å². The lowest BCUT2D eigenvalue weighted by Gasteiger charge is -2.34. The maximum absolute atomic E-state index is 3.78. The molecule has 3 rings (SSSR count). The Morgan fingerprint density at radius 3 is 2.41 bits per heavy atom. The van der Waals surface area contributed by atoms with Crippen LogP contribution >= 0.6 is 0 Å². The molecule has 0 heterocycles. The molecule has 0 aromatic heterocycles. The van der Waals surface area contributed by atoms with Gasteiger partial charge >= 0.3 is 0 Å². The van der Waals surface area contributed by atoms with Crippen LogP contribution in [0.1, 0.15) is 61.8 Å². The second-order valence-electron chi connectivity index (χ2n) is 6.59. The summed E-state index contributed by atoms with van der Waals surface area (Å²) in [6.45, 7) is 7.81. The molecular weight excluding hydrogens is 266 g/mol. The first-order valence-electron chi connectivity index (χ1n) is 8.63. The lowest BCUT2D eigenvalue weighted by molar-refractivity contribution is 0.449. The van der Waals surface area contributed by atoms with Crippen LogP contribution in [-0.2, 0) is 12.0 Å². The third-order valence-corrected chi connectivity index (χ3v) is 5.13.